The molecule has 0 saturated carbocycles. The van der Waals surface area contributed by atoms with Crippen LogP contribution in [0.4, 0.5) is 17.5 Å². The van der Waals surface area contributed by atoms with Gasteiger partial charge >= 0.3 is 0 Å². The molecular weight excluding hydrogens is 416 g/mol. The molecule has 1 fully saturated rings. The van der Waals surface area contributed by atoms with Crippen LogP contribution in [0.25, 0.3) is 22.3 Å². The van der Waals surface area contributed by atoms with Crippen LogP contribution in [0.1, 0.15) is 23.7 Å². The van der Waals surface area contributed by atoms with Gasteiger partial charge in [-0.2, -0.15) is 4.98 Å². The Morgan fingerprint density at radius 1 is 1.06 bits per heavy atom. The smallest absolute Gasteiger partial charge is 0.228 e. The molecule has 1 N–H and O–H groups in total. The van der Waals surface area contributed by atoms with Crippen LogP contribution >= 0.6 is 0 Å². The van der Waals surface area contributed by atoms with Gasteiger partial charge in [0.25, 0.3) is 0 Å². The van der Waals surface area contributed by atoms with Gasteiger partial charge < -0.3 is 19.5 Å². The SMILES string of the molecule is CCC(=O)c1ccc(Nc2cc(-c3ccc4c(c3)ncn4C)nc(N3CCOCC3)n2)cc1. The van der Waals surface area contributed by atoms with Crippen LogP contribution in [0.5, 0.6) is 0 Å². The number of aromatic nitrogens is 4. The number of aryl methyl sites for hydroxylation is 1. The van der Waals surface area contributed by atoms with Crippen molar-refractivity contribution in [2.24, 2.45) is 7.05 Å². The summed E-state index contributed by atoms with van der Waals surface area (Å²) in [5, 5.41) is 3.38. The summed E-state index contributed by atoms with van der Waals surface area (Å²) in [6.45, 7) is 4.67. The standard InChI is InChI=1S/C25H26N6O2/c1-3-23(32)17-4-7-19(8-5-17)27-24-15-20(28-25(29-24)31-10-12-33-13-11-31)18-6-9-22-21(14-18)26-16-30(22)2/h4-9,14-16H,3,10-13H2,1-2H3,(H,27,28,29). The lowest BCUT2D eigenvalue weighted by atomic mass is 10.1. The molecule has 0 bridgehead atoms. The lowest BCUT2D eigenvalue weighted by Crippen LogP contribution is -2.37. The number of fused-ring (bicyclic) bond motifs is 1. The second-order valence-electron chi connectivity index (χ2n) is 8.08. The predicted octanol–water partition coefficient (Wildman–Crippen LogP) is 4.20. The molecule has 1 aliphatic rings. The fourth-order valence-electron chi connectivity index (χ4n) is 3.94. The highest BCUT2D eigenvalue weighted by Gasteiger charge is 2.17. The summed E-state index contributed by atoms with van der Waals surface area (Å²) in [5.41, 5.74) is 5.36. The number of Topliss-reactive ketones (excluding diaryl/α,β-unsaturated/α-hetero) is 1. The third-order valence-corrected chi connectivity index (χ3v) is 5.83. The number of ketones is 1. The van der Waals surface area contributed by atoms with Gasteiger partial charge in [-0.15, -0.1) is 0 Å². The Labute approximate surface area is 192 Å². The van der Waals surface area contributed by atoms with Crippen LogP contribution in [-0.4, -0.2) is 51.6 Å². The van der Waals surface area contributed by atoms with Crippen molar-refractivity contribution < 1.29 is 9.53 Å². The fourth-order valence-corrected chi connectivity index (χ4v) is 3.94. The highest BCUT2D eigenvalue weighted by Crippen LogP contribution is 2.28. The molecule has 0 atom stereocenters. The Hall–Kier alpha value is -3.78. The molecule has 2 aromatic carbocycles. The number of benzene rings is 2. The number of hydrogen-bond donors (Lipinski definition) is 1. The number of morpholine rings is 1. The zero-order valence-corrected chi connectivity index (χ0v) is 18.8. The topological polar surface area (TPSA) is 85.2 Å². The van der Waals surface area contributed by atoms with Crippen molar-refractivity contribution in [2.45, 2.75) is 13.3 Å². The summed E-state index contributed by atoms with van der Waals surface area (Å²) in [6, 6.07) is 15.6. The quantitative estimate of drug-likeness (QED) is 0.448. The van der Waals surface area contributed by atoms with Gasteiger partial charge in [-0.05, 0) is 36.4 Å². The van der Waals surface area contributed by atoms with Crippen LogP contribution in [0.2, 0.25) is 0 Å². The van der Waals surface area contributed by atoms with Crippen LogP contribution in [0.3, 0.4) is 0 Å². The average Bonchev–Trinajstić information content (AvgIpc) is 3.24. The van der Waals surface area contributed by atoms with Crippen molar-refractivity contribution in [3.8, 4) is 11.3 Å². The van der Waals surface area contributed by atoms with Crippen LogP contribution in [0.15, 0.2) is 54.9 Å². The minimum absolute atomic E-state index is 0.130. The van der Waals surface area contributed by atoms with E-state index in [-0.39, 0.29) is 5.78 Å². The highest BCUT2D eigenvalue weighted by molar-refractivity contribution is 5.96. The second-order valence-corrected chi connectivity index (χ2v) is 8.08. The number of nitrogens with one attached hydrogen (secondary N) is 1. The molecule has 0 radical (unpaired) electrons. The molecule has 2 aromatic heterocycles. The summed E-state index contributed by atoms with van der Waals surface area (Å²) < 4.78 is 7.50. The number of anilines is 3. The third-order valence-electron chi connectivity index (χ3n) is 5.83. The van der Waals surface area contributed by atoms with E-state index in [0.717, 1.165) is 41.1 Å². The molecule has 1 aliphatic heterocycles. The summed E-state index contributed by atoms with van der Waals surface area (Å²) in [6.07, 6.45) is 2.30. The van der Waals surface area contributed by atoms with E-state index in [4.69, 9.17) is 14.7 Å². The lowest BCUT2D eigenvalue weighted by molar-refractivity contribution is 0.0988. The summed E-state index contributed by atoms with van der Waals surface area (Å²) in [5.74, 6) is 1.49. The van der Waals surface area contributed by atoms with Crippen LogP contribution in [0, 0.1) is 0 Å². The second kappa shape index (κ2) is 8.99. The Kier molecular flexibility index (Phi) is 5.75. The summed E-state index contributed by atoms with van der Waals surface area (Å²) >= 11 is 0. The maximum absolute atomic E-state index is 11.9. The molecule has 4 aromatic rings. The molecule has 1 saturated heterocycles. The Bertz CT molecular complexity index is 1290. The maximum Gasteiger partial charge on any atom is 0.228 e. The van der Waals surface area contributed by atoms with Crippen molar-refractivity contribution >= 4 is 34.3 Å². The molecule has 0 spiro atoms. The van der Waals surface area contributed by atoms with Crippen molar-refractivity contribution in [3.63, 3.8) is 0 Å². The van der Waals surface area contributed by atoms with Gasteiger partial charge in [0.15, 0.2) is 5.78 Å². The van der Waals surface area contributed by atoms with E-state index in [0.29, 0.717) is 37.0 Å². The molecule has 0 aliphatic carbocycles. The van der Waals surface area contributed by atoms with Crippen LogP contribution in [-0.2, 0) is 11.8 Å². The van der Waals surface area contributed by atoms with E-state index < -0.39 is 0 Å². The van der Waals surface area contributed by atoms with Gasteiger partial charge in [0.1, 0.15) is 5.82 Å². The maximum atomic E-state index is 11.9. The van der Waals surface area contributed by atoms with Crippen molar-refractivity contribution in [1.29, 1.82) is 0 Å². The monoisotopic (exact) mass is 442 g/mol. The first-order chi connectivity index (χ1) is 16.1. The number of carbonyl (C=O) groups is 1. The van der Waals surface area contributed by atoms with Crippen LogP contribution < -0.4 is 10.2 Å². The first-order valence-corrected chi connectivity index (χ1v) is 11.1. The van der Waals surface area contributed by atoms with E-state index in [9.17, 15) is 4.79 Å². The minimum Gasteiger partial charge on any atom is -0.378 e. The van der Waals surface area contributed by atoms with Gasteiger partial charge in [-0.1, -0.05) is 13.0 Å². The number of hydrogen-bond acceptors (Lipinski definition) is 7. The Balaban J connectivity index is 1.51. The molecule has 0 amide bonds. The number of imidazole rings is 1. The van der Waals surface area contributed by atoms with Gasteiger partial charge in [-0.3, -0.25) is 4.79 Å². The average molecular weight is 443 g/mol. The number of carbonyl (C=O) groups excluding carboxylic acids is 1. The highest BCUT2D eigenvalue weighted by atomic mass is 16.5. The summed E-state index contributed by atoms with van der Waals surface area (Å²) in [7, 11) is 1.98. The third kappa shape index (κ3) is 4.42. The molecule has 3 heterocycles. The lowest BCUT2D eigenvalue weighted by Gasteiger charge is -2.27. The fraction of sp³-hybridized carbons (Fsp3) is 0.280. The van der Waals surface area contributed by atoms with Gasteiger partial charge in [-0.25, -0.2) is 9.97 Å². The Morgan fingerprint density at radius 2 is 1.85 bits per heavy atom. The summed E-state index contributed by atoms with van der Waals surface area (Å²) in [4.78, 5) is 28.2. The number of ether oxygens (including phenoxy) is 1. The van der Waals surface area contributed by atoms with E-state index in [1.807, 2.05) is 55.2 Å². The molecule has 33 heavy (non-hydrogen) atoms. The normalized spacial score (nSPS) is 13.9. The van der Waals surface area contributed by atoms with Gasteiger partial charge in [0.2, 0.25) is 5.95 Å². The number of rotatable bonds is 6. The van der Waals surface area contributed by atoms with E-state index >= 15 is 0 Å². The van der Waals surface area contributed by atoms with Crippen molar-refractivity contribution in [2.75, 3.05) is 36.5 Å². The zero-order chi connectivity index (χ0) is 22.8. The van der Waals surface area contributed by atoms with Gasteiger partial charge in [0.05, 0.1) is 36.3 Å². The Morgan fingerprint density at radius 3 is 2.61 bits per heavy atom. The van der Waals surface area contributed by atoms with E-state index in [2.05, 4.69) is 33.4 Å². The first kappa shape index (κ1) is 21.1. The van der Waals surface area contributed by atoms with E-state index in [1.54, 1.807) is 0 Å². The molecular formula is C25H26N6O2. The van der Waals surface area contributed by atoms with E-state index in [1.165, 1.54) is 0 Å². The molecule has 8 nitrogen and oxygen atoms in total. The molecule has 0 unspecified atom stereocenters. The largest absolute Gasteiger partial charge is 0.378 e. The first-order valence-electron chi connectivity index (χ1n) is 11.1. The zero-order valence-electron chi connectivity index (χ0n) is 18.8. The van der Waals surface area contributed by atoms with Crippen molar-refractivity contribution in [3.05, 3.63) is 60.4 Å². The minimum atomic E-state index is 0.130. The predicted molar refractivity (Wildman–Crippen MR) is 129 cm³/mol. The number of nitrogens with zero attached hydrogens (tertiary/aromatic N) is 5. The van der Waals surface area contributed by atoms with Crippen molar-refractivity contribution in [1.82, 2.24) is 19.5 Å². The van der Waals surface area contributed by atoms with Gasteiger partial charge in [0, 0.05) is 49.4 Å². The molecule has 8 heteroatoms. The molecule has 5 rings (SSSR count). The molecule has 168 valence electrons.